The Morgan fingerprint density at radius 1 is 1.46 bits per heavy atom. The molecule has 0 aromatic heterocycles. The molecule has 0 aliphatic rings. The van der Waals surface area contributed by atoms with Crippen LogP contribution in [0.5, 0.6) is 0 Å². The maximum absolute atomic E-state index is 10.9. The van der Waals surface area contributed by atoms with Gasteiger partial charge in [-0.15, -0.1) is 0 Å². The fourth-order valence-corrected chi connectivity index (χ4v) is 1.30. The quantitative estimate of drug-likeness (QED) is 0.790. The highest BCUT2D eigenvalue weighted by Gasteiger charge is 2.02. The number of nitrogens with one attached hydrogen (secondary N) is 1. The molecule has 0 unspecified atom stereocenters. The summed E-state index contributed by atoms with van der Waals surface area (Å²) in [7, 11) is 1.63. The van der Waals surface area contributed by atoms with E-state index in [1.165, 1.54) is 0 Å². The molecule has 0 atom stereocenters. The number of hydrogen-bond acceptors (Lipinski definition) is 1. The van der Waals surface area contributed by atoms with Crippen molar-refractivity contribution in [2.45, 2.75) is 12.8 Å². The molecule has 0 aliphatic heterocycles. The molecule has 0 heterocycles. The summed E-state index contributed by atoms with van der Waals surface area (Å²) in [5.74, 6) is 0.0416. The van der Waals surface area contributed by atoms with Crippen LogP contribution in [-0.2, 0) is 11.2 Å². The number of rotatable bonds is 3. The number of halogens is 1. The molecule has 1 amide bonds. The summed E-state index contributed by atoms with van der Waals surface area (Å²) in [5.41, 5.74) is 1.02. The number of carbonyl (C=O) groups is 1. The van der Waals surface area contributed by atoms with Crippen LogP contribution in [0.4, 0.5) is 0 Å². The van der Waals surface area contributed by atoms with Gasteiger partial charge in [-0.25, -0.2) is 0 Å². The largest absolute Gasteiger partial charge is 0.359 e. The third-order valence-corrected chi connectivity index (χ3v) is 2.23. The fraction of sp³-hybridized carbons (Fsp3) is 0.300. The van der Waals surface area contributed by atoms with Crippen LogP contribution in [0.15, 0.2) is 24.3 Å². The van der Waals surface area contributed by atoms with Crippen molar-refractivity contribution in [3.05, 3.63) is 34.9 Å². The predicted octanol–water partition coefficient (Wildman–Crippen LogP) is 2.02. The first kappa shape index (κ1) is 10.1. The highest BCUT2D eigenvalue weighted by molar-refractivity contribution is 6.31. The molecule has 1 aromatic rings. The van der Waals surface area contributed by atoms with Crippen LogP contribution in [-0.4, -0.2) is 13.0 Å². The van der Waals surface area contributed by atoms with E-state index in [-0.39, 0.29) is 5.91 Å². The van der Waals surface area contributed by atoms with E-state index in [2.05, 4.69) is 5.32 Å². The highest BCUT2D eigenvalue weighted by Crippen LogP contribution is 2.16. The maximum atomic E-state index is 10.9. The Bertz CT molecular complexity index is 299. The van der Waals surface area contributed by atoms with Crippen LogP contribution in [0.3, 0.4) is 0 Å². The average molecular weight is 198 g/mol. The summed E-state index contributed by atoms with van der Waals surface area (Å²) in [6.45, 7) is 0. The van der Waals surface area contributed by atoms with Crippen molar-refractivity contribution in [1.29, 1.82) is 0 Å². The molecule has 13 heavy (non-hydrogen) atoms. The van der Waals surface area contributed by atoms with Crippen LogP contribution in [0.1, 0.15) is 12.0 Å². The number of carbonyl (C=O) groups excluding carboxylic acids is 1. The molecule has 3 heteroatoms. The Hall–Kier alpha value is -1.02. The SMILES string of the molecule is CNC(=O)CCc1ccccc1Cl. The zero-order chi connectivity index (χ0) is 9.68. The summed E-state index contributed by atoms with van der Waals surface area (Å²) in [6.07, 6.45) is 1.18. The average Bonchev–Trinajstić information content (AvgIpc) is 2.16. The normalized spacial score (nSPS) is 9.69. The number of benzene rings is 1. The highest BCUT2D eigenvalue weighted by atomic mass is 35.5. The van der Waals surface area contributed by atoms with Gasteiger partial charge in [-0.3, -0.25) is 4.79 Å². The summed E-state index contributed by atoms with van der Waals surface area (Å²) in [6, 6.07) is 7.57. The Balaban J connectivity index is 2.54. The standard InChI is InChI=1S/C10H12ClNO/c1-12-10(13)7-6-8-4-2-3-5-9(8)11/h2-5H,6-7H2,1H3,(H,12,13). The minimum atomic E-state index is 0.0416. The summed E-state index contributed by atoms with van der Waals surface area (Å²) < 4.78 is 0. The van der Waals surface area contributed by atoms with Gasteiger partial charge in [0.15, 0.2) is 0 Å². The molecular weight excluding hydrogens is 186 g/mol. The summed E-state index contributed by atoms with van der Waals surface area (Å²) in [5, 5.41) is 3.30. The minimum Gasteiger partial charge on any atom is -0.359 e. The first-order valence-corrected chi connectivity index (χ1v) is 4.56. The monoisotopic (exact) mass is 197 g/mol. The van der Waals surface area contributed by atoms with E-state index in [9.17, 15) is 4.79 Å². The predicted molar refractivity (Wildman–Crippen MR) is 53.8 cm³/mol. The van der Waals surface area contributed by atoms with Gasteiger partial charge in [0.05, 0.1) is 0 Å². The van der Waals surface area contributed by atoms with Gasteiger partial charge >= 0.3 is 0 Å². The lowest BCUT2D eigenvalue weighted by molar-refractivity contribution is -0.120. The van der Waals surface area contributed by atoms with Crippen LogP contribution in [0, 0.1) is 0 Å². The van der Waals surface area contributed by atoms with Gasteiger partial charge < -0.3 is 5.32 Å². The fourth-order valence-electron chi connectivity index (χ4n) is 1.07. The Kier molecular flexibility index (Phi) is 3.77. The van der Waals surface area contributed by atoms with Crippen LogP contribution < -0.4 is 5.32 Å². The summed E-state index contributed by atoms with van der Waals surface area (Å²) >= 11 is 5.92. The van der Waals surface area contributed by atoms with Crippen LogP contribution >= 0.6 is 11.6 Å². The van der Waals surface area contributed by atoms with Crippen molar-refractivity contribution in [3.63, 3.8) is 0 Å². The van der Waals surface area contributed by atoms with Crippen molar-refractivity contribution < 1.29 is 4.79 Å². The molecule has 0 bridgehead atoms. The van der Waals surface area contributed by atoms with E-state index >= 15 is 0 Å². The first-order chi connectivity index (χ1) is 6.24. The Morgan fingerprint density at radius 2 is 2.15 bits per heavy atom. The van der Waals surface area contributed by atoms with Crippen molar-refractivity contribution in [2.75, 3.05) is 7.05 Å². The van der Waals surface area contributed by atoms with E-state index in [0.29, 0.717) is 12.8 Å². The van der Waals surface area contributed by atoms with Gasteiger partial charge in [0, 0.05) is 18.5 Å². The first-order valence-electron chi connectivity index (χ1n) is 4.18. The number of amides is 1. The van der Waals surface area contributed by atoms with Gasteiger partial charge in [-0.2, -0.15) is 0 Å². The van der Waals surface area contributed by atoms with Gasteiger partial charge in [-0.1, -0.05) is 29.8 Å². The van der Waals surface area contributed by atoms with E-state index < -0.39 is 0 Å². The molecule has 1 rings (SSSR count). The third kappa shape index (κ3) is 3.07. The molecule has 0 saturated carbocycles. The maximum Gasteiger partial charge on any atom is 0.220 e. The molecule has 0 saturated heterocycles. The smallest absolute Gasteiger partial charge is 0.220 e. The molecule has 0 spiro atoms. The molecule has 1 aromatic carbocycles. The second kappa shape index (κ2) is 4.87. The lowest BCUT2D eigenvalue weighted by atomic mass is 10.1. The Labute approximate surface area is 82.9 Å². The van der Waals surface area contributed by atoms with E-state index in [0.717, 1.165) is 10.6 Å². The zero-order valence-corrected chi connectivity index (χ0v) is 8.27. The van der Waals surface area contributed by atoms with Crippen molar-refractivity contribution >= 4 is 17.5 Å². The van der Waals surface area contributed by atoms with Crippen molar-refractivity contribution in [2.24, 2.45) is 0 Å². The van der Waals surface area contributed by atoms with E-state index in [1.807, 2.05) is 24.3 Å². The molecular formula is C10H12ClNO. The van der Waals surface area contributed by atoms with Gasteiger partial charge in [0.2, 0.25) is 5.91 Å². The molecule has 2 nitrogen and oxygen atoms in total. The van der Waals surface area contributed by atoms with Gasteiger partial charge in [-0.05, 0) is 18.1 Å². The van der Waals surface area contributed by atoms with Crippen molar-refractivity contribution in [3.8, 4) is 0 Å². The van der Waals surface area contributed by atoms with E-state index in [4.69, 9.17) is 11.6 Å². The molecule has 70 valence electrons. The number of hydrogen-bond donors (Lipinski definition) is 1. The summed E-state index contributed by atoms with van der Waals surface area (Å²) in [4.78, 5) is 10.9. The van der Waals surface area contributed by atoms with Gasteiger partial charge in [0.1, 0.15) is 0 Å². The topological polar surface area (TPSA) is 29.1 Å². The number of aryl methyl sites for hydroxylation is 1. The van der Waals surface area contributed by atoms with Crippen LogP contribution in [0.2, 0.25) is 5.02 Å². The zero-order valence-electron chi connectivity index (χ0n) is 7.51. The minimum absolute atomic E-state index is 0.0416. The lowest BCUT2D eigenvalue weighted by Gasteiger charge is -2.02. The molecule has 1 N–H and O–H groups in total. The third-order valence-electron chi connectivity index (χ3n) is 1.86. The second-order valence-corrected chi connectivity index (χ2v) is 3.17. The Morgan fingerprint density at radius 3 is 2.77 bits per heavy atom. The van der Waals surface area contributed by atoms with Gasteiger partial charge in [0.25, 0.3) is 0 Å². The molecule has 0 radical (unpaired) electrons. The van der Waals surface area contributed by atoms with E-state index in [1.54, 1.807) is 7.05 Å². The van der Waals surface area contributed by atoms with Crippen molar-refractivity contribution in [1.82, 2.24) is 5.32 Å². The molecule has 0 fully saturated rings. The van der Waals surface area contributed by atoms with Crippen LogP contribution in [0.25, 0.3) is 0 Å². The lowest BCUT2D eigenvalue weighted by Crippen LogP contribution is -2.17. The molecule has 0 aliphatic carbocycles. The second-order valence-electron chi connectivity index (χ2n) is 2.76.